The Morgan fingerprint density at radius 3 is 2.11 bits per heavy atom. The molecule has 11 heteroatoms. The maximum atomic E-state index is 12.4. The topological polar surface area (TPSA) is 87.4 Å². The highest BCUT2D eigenvalue weighted by Crippen LogP contribution is 2.40. The third kappa shape index (κ3) is 8.35. The summed E-state index contributed by atoms with van der Waals surface area (Å²) in [5, 5.41) is 4.57. The van der Waals surface area contributed by atoms with Crippen molar-refractivity contribution >= 4 is 33.6 Å². The predicted molar refractivity (Wildman–Crippen MR) is 156 cm³/mol. The van der Waals surface area contributed by atoms with Gasteiger partial charge in [-0.25, -0.2) is 9.78 Å². The molecule has 0 spiro atoms. The van der Waals surface area contributed by atoms with Crippen LogP contribution >= 0.6 is 0 Å². The molecular weight excluding hydrogens is 516 g/mol. The van der Waals surface area contributed by atoms with Gasteiger partial charge in [0.05, 0.1) is 13.3 Å². The van der Waals surface area contributed by atoms with E-state index < -0.39 is 21.7 Å². The van der Waals surface area contributed by atoms with E-state index in [0.717, 1.165) is 55.3 Å². The van der Waals surface area contributed by atoms with E-state index in [1.165, 1.54) is 7.11 Å². The highest BCUT2D eigenvalue weighted by molar-refractivity contribution is 6.76. The molecule has 0 unspecified atom stereocenters. The van der Waals surface area contributed by atoms with Crippen molar-refractivity contribution in [2.75, 3.05) is 45.8 Å². The second kappa shape index (κ2) is 13.0. The van der Waals surface area contributed by atoms with Crippen LogP contribution in [0.3, 0.4) is 0 Å². The van der Waals surface area contributed by atoms with Crippen molar-refractivity contribution in [3.8, 4) is 0 Å². The van der Waals surface area contributed by atoms with Crippen LogP contribution in [0.25, 0.3) is 5.65 Å². The molecule has 2 aromatic rings. The maximum Gasteiger partial charge on any atom is 0.338 e. The molecule has 1 aliphatic carbocycles. The summed E-state index contributed by atoms with van der Waals surface area (Å²) in [5.74, 6) is 0.826. The summed E-state index contributed by atoms with van der Waals surface area (Å²) in [4.78, 5) is 19.5. The lowest BCUT2D eigenvalue weighted by Gasteiger charge is -2.36. The number of fused-ring (bicyclic) bond motifs is 1. The molecule has 0 aliphatic heterocycles. The molecule has 0 bridgehead atoms. The molecule has 0 radical (unpaired) electrons. The number of hydrogen-bond donors (Lipinski definition) is 0. The number of aromatic nitrogens is 3. The molecule has 1 aliphatic rings. The van der Waals surface area contributed by atoms with E-state index >= 15 is 0 Å². The third-order valence-electron chi connectivity index (χ3n) is 7.33. The Balaban J connectivity index is 1.82. The minimum absolute atomic E-state index is 0.212. The largest absolute Gasteiger partial charge is 0.467 e. The lowest BCUT2D eigenvalue weighted by molar-refractivity contribution is -0.170. The number of rotatable bonds is 14. The van der Waals surface area contributed by atoms with Gasteiger partial charge in [0, 0.05) is 60.2 Å². The van der Waals surface area contributed by atoms with E-state index in [1.807, 2.05) is 10.6 Å². The molecule has 1 saturated carbocycles. The molecule has 38 heavy (non-hydrogen) atoms. The number of nitrogens with zero attached hydrogens (tertiary/aromatic N) is 4. The summed E-state index contributed by atoms with van der Waals surface area (Å²) in [6.45, 7) is 16.5. The van der Waals surface area contributed by atoms with Gasteiger partial charge in [-0.3, -0.25) is 0 Å². The SMILES string of the molecule is COC(=O)[C@]1(OC)CC[C@@H](c2cc(N(COCC[Si](C)(C)C)COCC[Si](C)(C)C)n3nccc3n2)CC1. The molecule has 0 atom stereocenters. The molecule has 214 valence electrons. The molecule has 2 heterocycles. The Hall–Kier alpha value is -1.80. The minimum atomic E-state index is -1.19. The summed E-state index contributed by atoms with van der Waals surface area (Å²) in [6, 6.07) is 6.27. The predicted octanol–water partition coefficient (Wildman–Crippen LogP) is 5.38. The molecule has 0 N–H and O–H groups in total. The molecule has 1 fully saturated rings. The second-order valence-corrected chi connectivity index (χ2v) is 24.1. The van der Waals surface area contributed by atoms with Crippen molar-refractivity contribution in [1.82, 2.24) is 14.6 Å². The van der Waals surface area contributed by atoms with Gasteiger partial charge in [0.25, 0.3) is 0 Å². The first kappa shape index (κ1) is 30.7. The van der Waals surface area contributed by atoms with Crippen LogP contribution in [0, 0.1) is 0 Å². The van der Waals surface area contributed by atoms with Crippen LogP contribution in [-0.2, 0) is 23.7 Å². The van der Waals surface area contributed by atoms with Crippen molar-refractivity contribution in [2.24, 2.45) is 0 Å². The van der Waals surface area contributed by atoms with Gasteiger partial charge in [0.15, 0.2) is 11.2 Å². The monoisotopic (exact) mass is 564 g/mol. The summed E-state index contributed by atoms with van der Waals surface area (Å²) < 4.78 is 24.9. The normalized spacial score (nSPS) is 20.6. The first-order chi connectivity index (χ1) is 17.9. The fraction of sp³-hybridized carbons (Fsp3) is 0.741. The van der Waals surface area contributed by atoms with E-state index in [4.69, 9.17) is 23.9 Å². The number of methoxy groups -OCH3 is 2. The van der Waals surface area contributed by atoms with Crippen LogP contribution in [-0.4, -0.2) is 83.2 Å². The average Bonchev–Trinajstić information content (AvgIpc) is 3.34. The van der Waals surface area contributed by atoms with Gasteiger partial charge >= 0.3 is 5.97 Å². The van der Waals surface area contributed by atoms with Gasteiger partial charge in [-0.15, -0.1) is 0 Å². The Bertz CT molecular complexity index is 1020. The average molecular weight is 565 g/mol. The number of hydrogen-bond acceptors (Lipinski definition) is 8. The molecule has 3 rings (SSSR count). The third-order valence-corrected chi connectivity index (χ3v) is 10.7. The summed E-state index contributed by atoms with van der Waals surface area (Å²) >= 11 is 0. The Morgan fingerprint density at radius 2 is 1.61 bits per heavy atom. The van der Waals surface area contributed by atoms with Crippen molar-refractivity contribution in [3.05, 3.63) is 24.0 Å². The maximum absolute atomic E-state index is 12.4. The van der Waals surface area contributed by atoms with E-state index in [0.29, 0.717) is 26.3 Å². The lowest BCUT2D eigenvalue weighted by Crippen LogP contribution is -2.44. The smallest absolute Gasteiger partial charge is 0.338 e. The highest BCUT2D eigenvalue weighted by Gasteiger charge is 2.43. The van der Waals surface area contributed by atoms with Gasteiger partial charge in [-0.05, 0) is 37.8 Å². The first-order valence-electron chi connectivity index (χ1n) is 13.8. The molecule has 0 saturated heterocycles. The quantitative estimate of drug-likeness (QED) is 0.131. The van der Waals surface area contributed by atoms with Gasteiger partial charge in [0.2, 0.25) is 0 Å². The highest BCUT2D eigenvalue weighted by atomic mass is 28.3. The van der Waals surface area contributed by atoms with E-state index in [-0.39, 0.29) is 11.9 Å². The van der Waals surface area contributed by atoms with Gasteiger partial charge in [-0.2, -0.15) is 9.61 Å². The molecule has 0 aromatic carbocycles. The fourth-order valence-corrected chi connectivity index (χ4v) is 6.20. The van der Waals surface area contributed by atoms with Crippen LogP contribution < -0.4 is 4.90 Å². The summed E-state index contributed by atoms with van der Waals surface area (Å²) in [6.07, 6.45) is 4.56. The molecule has 2 aromatic heterocycles. The fourth-order valence-electron chi connectivity index (χ4n) is 4.68. The van der Waals surface area contributed by atoms with Gasteiger partial charge < -0.3 is 23.8 Å². The number of carbonyl (C=O) groups excluding carboxylic acids is 1. The Morgan fingerprint density at radius 1 is 1.03 bits per heavy atom. The van der Waals surface area contributed by atoms with Crippen molar-refractivity contribution in [1.29, 1.82) is 0 Å². The Kier molecular flexibility index (Phi) is 10.5. The summed E-state index contributed by atoms with van der Waals surface area (Å²) in [5.41, 5.74) is 0.926. The molecular formula is C27H48N4O5Si2. The number of anilines is 1. The first-order valence-corrected chi connectivity index (χ1v) is 21.2. The van der Waals surface area contributed by atoms with Gasteiger partial charge in [0.1, 0.15) is 19.3 Å². The zero-order chi connectivity index (χ0) is 28.0. The van der Waals surface area contributed by atoms with Crippen LogP contribution in [0.5, 0.6) is 0 Å². The Labute approximate surface area is 230 Å². The number of ether oxygens (including phenoxy) is 4. The van der Waals surface area contributed by atoms with E-state index in [9.17, 15) is 4.79 Å². The van der Waals surface area contributed by atoms with E-state index in [1.54, 1.807) is 13.3 Å². The van der Waals surface area contributed by atoms with Crippen LogP contribution in [0.15, 0.2) is 18.3 Å². The van der Waals surface area contributed by atoms with Crippen molar-refractivity contribution in [2.45, 2.75) is 88.6 Å². The standard InChI is InChI=1S/C27H48N4O5Si2/c1-33-26(32)27(34-2)12-9-22(10-13-27)23-19-25(31-24(29-23)11-14-28-31)30(20-35-15-17-37(3,4)5)21-36-16-18-38(6,7)8/h11,14,19,22H,9-10,12-13,15-18,20-21H2,1-8H3/t22-,27+. The zero-order valence-corrected chi connectivity index (χ0v) is 26.7. The zero-order valence-electron chi connectivity index (χ0n) is 24.7. The van der Waals surface area contributed by atoms with Crippen molar-refractivity contribution < 1.29 is 23.7 Å². The van der Waals surface area contributed by atoms with Crippen LogP contribution in [0.2, 0.25) is 51.4 Å². The minimum Gasteiger partial charge on any atom is -0.467 e. The second-order valence-electron chi connectivity index (χ2n) is 12.8. The summed E-state index contributed by atoms with van der Waals surface area (Å²) in [7, 11) is 0.627. The molecule has 9 nitrogen and oxygen atoms in total. The number of esters is 1. The van der Waals surface area contributed by atoms with Crippen LogP contribution in [0.4, 0.5) is 5.82 Å². The van der Waals surface area contributed by atoms with Crippen molar-refractivity contribution in [3.63, 3.8) is 0 Å². The van der Waals surface area contributed by atoms with E-state index in [2.05, 4.69) is 55.3 Å². The molecule has 0 amide bonds. The van der Waals surface area contributed by atoms with Crippen LogP contribution in [0.1, 0.15) is 37.3 Å². The lowest BCUT2D eigenvalue weighted by atomic mass is 9.77. The number of carbonyl (C=O) groups is 1. The van der Waals surface area contributed by atoms with Gasteiger partial charge in [-0.1, -0.05) is 39.3 Å².